The van der Waals surface area contributed by atoms with Gasteiger partial charge < -0.3 is 27.3 Å². The molecule has 0 spiro atoms. The van der Waals surface area contributed by atoms with Gasteiger partial charge >= 0.3 is 8.16 Å². The van der Waals surface area contributed by atoms with Crippen molar-refractivity contribution in [2.45, 2.75) is 13.0 Å². The van der Waals surface area contributed by atoms with Crippen molar-refractivity contribution >= 4 is 116 Å². The van der Waals surface area contributed by atoms with Crippen LogP contribution in [0, 0.1) is 0 Å². The van der Waals surface area contributed by atoms with Gasteiger partial charge in [0.05, 0.1) is 28.4 Å². The van der Waals surface area contributed by atoms with Crippen LogP contribution >= 0.6 is 8.16 Å². The van der Waals surface area contributed by atoms with Crippen LogP contribution < -0.4 is 24.0 Å². The fourth-order valence-electron chi connectivity index (χ4n) is 10.1. The molecule has 8 heteroatoms. The Bertz CT molecular complexity index is 3720. The molecular weight excluding hydrogens is 814 g/mol. The van der Waals surface area contributed by atoms with E-state index in [1.165, 1.54) is 0 Å². The molecule has 0 unspecified atom stereocenters. The van der Waals surface area contributed by atoms with E-state index in [1.54, 1.807) is 28.4 Å². The zero-order valence-corrected chi connectivity index (χ0v) is 36.8. The topological polar surface area (TPSA) is 75.2 Å². The molecule has 0 radical (unpaired) electrons. The number of hydrogen-bond acceptors (Lipinski definition) is 7. The largest absolute Gasteiger partial charge is 0.496 e. The molecule has 312 valence electrons. The Balaban J connectivity index is 1.38. The van der Waals surface area contributed by atoms with Crippen LogP contribution in [0.1, 0.15) is 18.5 Å². The number of methoxy groups -OCH3 is 4. The van der Waals surface area contributed by atoms with E-state index < -0.39 is 8.16 Å². The highest BCUT2D eigenvalue weighted by Gasteiger charge is 2.25. The first-order valence-electron chi connectivity index (χ1n) is 21.4. The number of hydrogen-bond donors (Lipinski definition) is 1. The summed E-state index contributed by atoms with van der Waals surface area (Å²) in [5.41, 5.74) is 2.47. The first kappa shape index (κ1) is 38.3. The minimum atomic E-state index is -1.89. The van der Waals surface area contributed by atoms with E-state index in [9.17, 15) is 0 Å². The normalized spacial score (nSPS) is 12.5. The zero-order chi connectivity index (χ0) is 43.2. The summed E-state index contributed by atoms with van der Waals surface area (Å²) in [7, 11) is 5.00. The molecule has 0 saturated carbocycles. The van der Waals surface area contributed by atoms with Crippen molar-refractivity contribution in [3.05, 3.63) is 157 Å². The molecule has 0 fully saturated rings. The summed E-state index contributed by atoms with van der Waals surface area (Å²) in [4.78, 5) is 0. The molecular formula is C56H42NO6P. The Labute approximate surface area is 368 Å². The number of benzene rings is 11. The van der Waals surface area contributed by atoms with Crippen LogP contribution in [-0.4, -0.2) is 28.4 Å². The van der Waals surface area contributed by atoms with E-state index in [0.29, 0.717) is 22.7 Å². The maximum atomic E-state index is 7.49. The third-order valence-corrected chi connectivity index (χ3v) is 14.4. The summed E-state index contributed by atoms with van der Waals surface area (Å²) < 4.78 is 40.1. The summed E-state index contributed by atoms with van der Waals surface area (Å²) in [6.07, 6.45) is 0. The van der Waals surface area contributed by atoms with Crippen LogP contribution in [0.3, 0.4) is 0 Å². The molecule has 0 amide bonds. The number of nitrogens with one attached hydrogen (secondary N) is 1. The van der Waals surface area contributed by atoms with E-state index in [1.807, 2.05) is 6.07 Å². The van der Waals surface area contributed by atoms with Crippen molar-refractivity contribution in [2.24, 2.45) is 0 Å². The van der Waals surface area contributed by atoms with E-state index in [4.69, 9.17) is 27.3 Å². The standard InChI is InChI=1S/C56H42NO6P/c1-31(32-13-7-6-8-14-32)57-64-62-55-41(27-47(60-4)43-29-45(58-2)39-25-23-35-21-19-33-15-9-11-17-37(33)49(35)51(39)53(43)55)42-28-48(61-5)44-30-46(59-3)40-26-24-36-22-20-34-16-10-12-18-38(34)50(36)52(40)54(44)56(42)63-64/h6-31,57H,1-5H3/t31-/m1/s1. The van der Waals surface area contributed by atoms with Gasteiger partial charge in [0.2, 0.25) is 0 Å². The lowest BCUT2D eigenvalue weighted by atomic mass is 9.90. The summed E-state index contributed by atoms with van der Waals surface area (Å²) in [6, 6.07) is 53.1. The highest BCUT2D eigenvalue weighted by molar-refractivity contribution is 7.38. The molecule has 12 aromatic rings. The van der Waals surface area contributed by atoms with Crippen molar-refractivity contribution in [1.29, 1.82) is 0 Å². The lowest BCUT2D eigenvalue weighted by Gasteiger charge is -2.17. The molecule has 1 aromatic heterocycles. The second-order valence-electron chi connectivity index (χ2n) is 16.4. The zero-order valence-electron chi connectivity index (χ0n) is 35.9. The monoisotopic (exact) mass is 855 g/mol. The first-order chi connectivity index (χ1) is 31.5. The molecule has 11 aromatic carbocycles. The molecule has 1 atom stereocenters. The summed E-state index contributed by atoms with van der Waals surface area (Å²) >= 11 is 0. The van der Waals surface area contributed by atoms with Gasteiger partial charge in [-0.1, -0.05) is 115 Å². The molecule has 1 heterocycles. The first-order valence-corrected chi connectivity index (χ1v) is 22.5. The van der Waals surface area contributed by atoms with Crippen LogP contribution in [0.4, 0.5) is 0 Å². The van der Waals surface area contributed by atoms with Gasteiger partial charge in [-0.2, -0.15) is 0 Å². The Kier molecular flexibility index (Phi) is 8.87. The van der Waals surface area contributed by atoms with Crippen LogP contribution in [0.25, 0.3) is 108 Å². The molecule has 0 saturated heterocycles. The summed E-state index contributed by atoms with van der Waals surface area (Å²) in [6.45, 7) is 2.15. The Morgan fingerprint density at radius 3 is 1.23 bits per heavy atom. The second-order valence-corrected chi connectivity index (χ2v) is 17.5. The highest BCUT2D eigenvalue weighted by Crippen LogP contribution is 2.52. The predicted molar refractivity (Wildman–Crippen MR) is 267 cm³/mol. The van der Waals surface area contributed by atoms with Crippen molar-refractivity contribution < 1.29 is 27.3 Å². The minimum Gasteiger partial charge on any atom is -0.496 e. The number of fused-ring (bicyclic) bond motifs is 19. The number of ether oxygens (including phenoxy) is 4. The van der Waals surface area contributed by atoms with Crippen LogP contribution in [0.5, 0.6) is 23.0 Å². The van der Waals surface area contributed by atoms with Crippen molar-refractivity contribution in [3.8, 4) is 23.0 Å². The van der Waals surface area contributed by atoms with E-state index in [2.05, 4.69) is 158 Å². The lowest BCUT2D eigenvalue weighted by Crippen LogP contribution is -2.02. The molecule has 7 nitrogen and oxygen atoms in total. The van der Waals surface area contributed by atoms with E-state index >= 15 is 0 Å². The molecule has 1 N–H and O–H groups in total. The fraction of sp³-hybridized carbons (Fsp3) is 0.107. The van der Waals surface area contributed by atoms with Gasteiger partial charge in [0.15, 0.2) is 11.2 Å². The minimum absolute atomic E-state index is 0.130. The lowest BCUT2D eigenvalue weighted by molar-refractivity contribution is 0.415. The summed E-state index contributed by atoms with van der Waals surface area (Å²) in [5.74, 6) is 2.83. The second kappa shape index (κ2) is 14.8. The molecule has 64 heavy (non-hydrogen) atoms. The molecule has 12 rings (SSSR count). The predicted octanol–water partition coefficient (Wildman–Crippen LogP) is 15.9. The smallest absolute Gasteiger partial charge is 0.307 e. The van der Waals surface area contributed by atoms with Gasteiger partial charge in [-0.3, -0.25) is 0 Å². The van der Waals surface area contributed by atoms with E-state index in [0.717, 1.165) is 114 Å². The number of rotatable bonds is 7. The van der Waals surface area contributed by atoms with Crippen molar-refractivity contribution in [2.75, 3.05) is 33.5 Å². The van der Waals surface area contributed by atoms with Crippen LogP contribution in [0.2, 0.25) is 0 Å². The van der Waals surface area contributed by atoms with E-state index in [-0.39, 0.29) is 6.04 Å². The van der Waals surface area contributed by atoms with Crippen molar-refractivity contribution in [1.82, 2.24) is 0 Å². The SMILES string of the molecule is COc1cc2c3cc(OC)c4cc(OC)c5ccc6ccc7ccccc7c6c5c4c3op(N[C@H](C)c3ccccc3)oc2c2c1cc(OC)c1ccc3ccc4ccccc4c3c12. The van der Waals surface area contributed by atoms with Crippen LogP contribution in [0.15, 0.2) is 160 Å². The molecule has 0 aliphatic carbocycles. The third kappa shape index (κ3) is 5.64. The molecule has 0 bridgehead atoms. The van der Waals surface area contributed by atoms with Gasteiger partial charge in [0, 0.05) is 59.9 Å². The van der Waals surface area contributed by atoms with Crippen molar-refractivity contribution in [3.63, 3.8) is 0 Å². The summed E-state index contributed by atoms with van der Waals surface area (Å²) in [5, 5.41) is 21.9. The average molecular weight is 856 g/mol. The Morgan fingerprint density at radius 1 is 0.375 bits per heavy atom. The Morgan fingerprint density at radius 2 is 0.766 bits per heavy atom. The van der Waals surface area contributed by atoms with Gasteiger partial charge in [0.25, 0.3) is 0 Å². The maximum absolute atomic E-state index is 7.49. The third-order valence-electron chi connectivity index (χ3n) is 13.1. The molecule has 0 aliphatic heterocycles. The average Bonchev–Trinajstić information content (AvgIpc) is 3.50. The van der Waals surface area contributed by atoms with Gasteiger partial charge in [-0.15, -0.1) is 0 Å². The van der Waals surface area contributed by atoms with Gasteiger partial charge in [-0.25, -0.2) is 5.09 Å². The van der Waals surface area contributed by atoms with Gasteiger partial charge in [-0.05, 0) is 92.0 Å². The fourth-order valence-corrected chi connectivity index (χ4v) is 11.4. The highest BCUT2D eigenvalue weighted by atomic mass is 31.1. The van der Waals surface area contributed by atoms with Gasteiger partial charge in [0.1, 0.15) is 23.0 Å². The molecule has 0 aliphatic rings. The Hall–Kier alpha value is -7.44. The van der Waals surface area contributed by atoms with Crippen LogP contribution in [-0.2, 0) is 0 Å². The quantitative estimate of drug-likeness (QED) is 0.160. The maximum Gasteiger partial charge on any atom is 0.307 e.